The van der Waals surface area contributed by atoms with Gasteiger partial charge < -0.3 is 20.1 Å². The molecule has 0 bridgehead atoms. The van der Waals surface area contributed by atoms with Gasteiger partial charge in [-0.3, -0.25) is 4.99 Å². The first-order chi connectivity index (χ1) is 12.2. The van der Waals surface area contributed by atoms with Crippen LogP contribution in [0.3, 0.4) is 0 Å². The van der Waals surface area contributed by atoms with E-state index in [1.54, 1.807) is 19.3 Å². The van der Waals surface area contributed by atoms with E-state index in [1.165, 1.54) is 0 Å². The Morgan fingerprint density at radius 3 is 2.84 bits per heavy atom. The van der Waals surface area contributed by atoms with E-state index in [-0.39, 0.29) is 6.79 Å². The fraction of sp³-hybridized carbons (Fsp3) is 0.294. The second-order valence-corrected chi connectivity index (χ2v) is 6.20. The smallest absolute Gasteiger partial charge is 0.231 e. The number of benzene rings is 1. The number of nitrogens with one attached hydrogen (secondary N) is 2. The van der Waals surface area contributed by atoms with Gasteiger partial charge in [-0.25, -0.2) is 4.98 Å². The monoisotopic (exact) mass is 380 g/mol. The molecule has 3 rings (SSSR count). The first-order valence-electron chi connectivity index (χ1n) is 7.78. The lowest BCUT2D eigenvalue weighted by molar-refractivity contribution is 0.174. The van der Waals surface area contributed by atoms with Gasteiger partial charge in [0.2, 0.25) is 6.79 Å². The van der Waals surface area contributed by atoms with Gasteiger partial charge in [0.1, 0.15) is 5.15 Å². The van der Waals surface area contributed by atoms with E-state index in [0.29, 0.717) is 34.2 Å². The summed E-state index contributed by atoms with van der Waals surface area (Å²) < 4.78 is 10.7. The maximum absolute atomic E-state index is 6.19. The Balaban J connectivity index is 1.49. The number of hydrogen-bond acceptors (Lipinski definition) is 4. The summed E-state index contributed by atoms with van der Waals surface area (Å²) in [5.74, 6) is 1.97. The van der Waals surface area contributed by atoms with E-state index in [0.717, 1.165) is 24.1 Å². The highest BCUT2D eigenvalue weighted by Crippen LogP contribution is 2.39. The standard InChI is InChI=1S/C17H18Cl2N4O2/c1-20-17(21-5-4-11-2-3-15(19)22-8-11)23-9-12-6-13(18)16-14(7-12)24-10-25-16/h2-3,6-8H,4-5,9-10H2,1H3,(H2,20,21,23). The second-order valence-electron chi connectivity index (χ2n) is 5.40. The van der Waals surface area contributed by atoms with Gasteiger partial charge in [-0.15, -0.1) is 0 Å². The number of pyridine rings is 1. The van der Waals surface area contributed by atoms with Crippen molar-refractivity contribution in [2.75, 3.05) is 20.4 Å². The largest absolute Gasteiger partial charge is 0.454 e. The Hall–Kier alpha value is -2.18. The van der Waals surface area contributed by atoms with Crippen LogP contribution < -0.4 is 20.1 Å². The van der Waals surface area contributed by atoms with E-state index < -0.39 is 0 Å². The van der Waals surface area contributed by atoms with Crippen molar-refractivity contribution < 1.29 is 9.47 Å². The molecule has 2 heterocycles. The molecule has 1 aromatic heterocycles. The average Bonchev–Trinajstić information content (AvgIpc) is 3.09. The minimum Gasteiger partial charge on any atom is -0.454 e. The quantitative estimate of drug-likeness (QED) is 0.474. The van der Waals surface area contributed by atoms with Gasteiger partial charge in [-0.05, 0) is 35.7 Å². The number of aliphatic imine (C=N–C) groups is 1. The van der Waals surface area contributed by atoms with Crippen molar-refractivity contribution in [3.05, 3.63) is 51.8 Å². The molecule has 2 aromatic rings. The molecule has 1 aliphatic heterocycles. The van der Waals surface area contributed by atoms with Crippen molar-refractivity contribution >= 4 is 29.2 Å². The summed E-state index contributed by atoms with van der Waals surface area (Å²) in [5.41, 5.74) is 2.09. The van der Waals surface area contributed by atoms with Crippen LogP contribution in [0, 0.1) is 0 Å². The molecule has 0 aliphatic carbocycles. The highest BCUT2D eigenvalue weighted by molar-refractivity contribution is 6.32. The molecule has 2 N–H and O–H groups in total. The Morgan fingerprint density at radius 1 is 1.20 bits per heavy atom. The van der Waals surface area contributed by atoms with Crippen molar-refractivity contribution in [2.45, 2.75) is 13.0 Å². The highest BCUT2D eigenvalue weighted by atomic mass is 35.5. The lowest BCUT2D eigenvalue weighted by Crippen LogP contribution is -2.37. The van der Waals surface area contributed by atoms with E-state index in [1.807, 2.05) is 18.2 Å². The van der Waals surface area contributed by atoms with Crippen LogP contribution in [0.15, 0.2) is 35.5 Å². The third-order valence-corrected chi connectivity index (χ3v) is 4.17. The maximum Gasteiger partial charge on any atom is 0.231 e. The molecule has 0 unspecified atom stereocenters. The van der Waals surface area contributed by atoms with Crippen molar-refractivity contribution in [3.8, 4) is 11.5 Å². The van der Waals surface area contributed by atoms with Gasteiger partial charge in [0.05, 0.1) is 5.02 Å². The Kier molecular flexibility index (Phi) is 5.83. The van der Waals surface area contributed by atoms with Gasteiger partial charge >= 0.3 is 0 Å². The van der Waals surface area contributed by atoms with Gasteiger partial charge in [-0.2, -0.15) is 0 Å². The minimum atomic E-state index is 0.203. The molecule has 0 spiro atoms. The molecule has 0 saturated carbocycles. The zero-order chi connectivity index (χ0) is 17.6. The lowest BCUT2D eigenvalue weighted by atomic mass is 10.2. The van der Waals surface area contributed by atoms with Crippen molar-refractivity contribution in [1.82, 2.24) is 15.6 Å². The Morgan fingerprint density at radius 2 is 2.08 bits per heavy atom. The van der Waals surface area contributed by atoms with Crippen LogP contribution in [0.25, 0.3) is 0 Å². The SMILES string of the molecule is CN=C(NCCc1ccc(Cl)nc1)NCc1cc(Cl)c2c(c1)OCO2. The second kappa shape index (κ2) is 8.27. The van der Waals surface area contributed by atoms with Crippen molar-refractivity contribution in [3.63, 3.8) is 0 Å². The molecule has 0 saturated heterocycles. The molecular formula is C17H18Cl2N4O2. The summed E-state index contributed by atoms with van der Waals surface area (Å²) in [6.45, 7) is 1.50. The number of aromatic nitrogens is 1. The zero-order valence-electron chi connectivity index (χ0n) is 13.7. The number of nitrogens with zero attached hydrogens (tertiary/aromatic N) is 2. The summed E-state index contributed by atoms with van der Waals surface area (Å²) in [7, 11) is 1.73. The van der Waals surface area contributed by atoms with Crippen LogP contribution in [-0.2, 0) is 13.0 Å². The maximum atomic E-state index is 6.19. The predicted molar refractivity (Wildman–Crippen MR) is 98.7 cm³/mol. The van der Waals surface area contributed by atoms with E-state index >= 15 is 0 Å². The fourth-order valence-corrected chi connectivity index (χ4v) is 2.81. The summed E-state index contributed by atoms with van der Waals surface area (Å²) >= 11 is 12.0. The number of rotatable bonds is 5. The molecule has 25 heavy (non-hydrogen) atoms. The number of hydrogen-bond donors (Lipinski definition) is 2. The van der Waals surface area contributed by atoms with Crippen LogP contribution in [0.2, 0.25) is 10.2 Å². The predicted octanol–water partition coefficient (Wildman–Crippen LogP) is 3.02. The van der Waals surface area contributed by atoms with Gasteiger partial charge in [0.25, 0.3) is 0 Å². The van der Waals surface area contributed by atoms with Gasteiger partial charge in [0, 0.05) is 26.3 Å². The Labute approximate surface area is 156 Å². The first kappa shape index (κ1) is 17.6. The van der Waals surface area contributed by atoms with Crippen molar-refractivity contribution in [1.29, 1.82) is 0 Å². The van der Waals surface area contributed by atoms with Crippen LogP contribution in [0.5, 0.6) is 11.5 Å². The van der Waals surface area contributed by atoms with E-state index in [2.05, 4.69) is 20.6 Å². The fourth-order valence-electron chi connectivity index (χ4n) is 2.41. The van der Waals surface area contributed by atoms with Crippen LogP contribution in [-0.4, -0.2) is 31.3 Å². The molecule has 0 fully saturated rings. The summed E-state index contributed by atoms with van der Waals surface area (Å²) in [5, 5.41) is 7.55. The summed E-state index contributed by atoms with van der Waals surface area (Å²) in [4.78, 5) is 8.28. The Bertz CT molecular complexity index is 766. The van der Waals surface area contributed by atoms with Crippen LogP contribution in [0.4, 0.5) is 0 Å². The van der Waals surface area contributed by atoms with Crippen LogP contribution in [0.1, 0.15) is 11.1 Å². The number of guanidine groups is 1. The first-order valence-corrected chi connectivity index (χ1v) is 8.54. The summed E-state index contributed by atoms with van der Waals surface area (Å²) in [6.07, 6.45) is 2.59. The minimum absolute atomic E-state index is 0.203. The molecule has 6 nitrogen and oxygen atoms in total. The molecule has 0 atom stereocenters. The van der Waals surface area contributed by atoms with Crippen LogP contribution >= 0.6 is 23.2 Å². The highest BCUT2D eigenvalue weighted by Gasteiger charge is 2.18. The number of ether oxygens (including phenoxy) is 2. The average molecular weight is 381 g/mol. The molecule has 0 radical (unpaired) electrons. The van der Waals surface area contributed by atoms with E-state index in [9.17, 15) is 0 Å². The van der Waals surface area contributed by atoms with Gasteiger partial charge in [-0.1, -0.05) is 29.3 Å². The summed E-state index contributed by atoms with van der Waals surface area (Å²) in [6, 6.07) is 7.51. The molecule has 0 amide bonds. The zero-order valence-corrected chi connectivity index (χ0v) is 15.2. The van der Waals surface area contributed by atoms with Gasteiger partial charge in [0.15, 0.2) is 17.5 Å². The molecule has 132 valence electrons. The van der Waals surface area contributed by atoms with Crippen molar-refractivity contribution in [2.24, 2.45) is 4.99 Å². The molecule has 1 aromatic carbocycles. The normalized spacial score (nSPS) is 13.0. The molecule has 8 heteroatoms. The number of halogens is 2. The molecule has 1 aliphatic rings. The lowest BCUT2D eigenvalue weighted by Gasteiger charge is -2.12. The third-order valence-electron chi connectivity index (χ3n) is 3.67. The molecular weight excluding hydrogens is 363 g/mol. The van der Waals surface area contributed by atoms with E-state index in [4.69, 9.17) is 32.7 Å². The number of fused-ring (bicyclic) bond motifs is 1. The topological polar surface area (TPSA) is 67.8 Å². The third kappa shape index (κ3) is 4.67.